The van der Waals surface area contributed by atoms with Gasteiger partial charge >= 0.3 is 0 Å². The number of allylic oxidation sites excluding steroid dienone is 3. The molecule has 0 nitrogen and oxygen atoms in total. The highest BCUT2D eigenvalue weighted by molar-refractivity contribution is 4.85. The van der Waals surface area contributed by atoms with Gasteiger partial charge in [0.1, 0.15) is 0 Å². The molecule has 10 heavy (non-hydrogen) atoms. The highest BCUT2D eigenvalue weighted by Gasteiger charge is 1.87. The van der Waals surface area contributed by atoms with Gasteiger partial charge in [-0.05, 0) is 19.3 Å². The van der Waals surface area contributed by atoms with Crippen molar-refractivity contribution in [1.29, 1.82) is 0 Å². The molecule has 1 atom stereocenters. The molecular formula is C10H20. The van der Waals surface area contributed by atoms with Gasteiger partial charge in [0.25, 0.3) is 0 Å². The molecule has 0 aliphatic rings. The van der Waals surface area contributed by atoms with Gasteiger partial charge in [0, 0.05) is 0 Å². The SMILES string of the molecule is C=CC(C)C/C=C/C.CC. The van der Waals surface area contributed by atoms with Crippen molar-refractivity contribution in [1.82, 2.24) is 0 Å². The molecule has 0 aromatic rings. The molecule has 0 amide bonds. The third-order valence-electron chi connectivity index (χ3n) is 1.15. The minimum atomic E-state index is 0.631. The zero-order valence-electron chi connectivity index (χ0n) is 7.72. The maximum Gasteiger partial charge on any atom is -0.0230 e. The molecule has 0 heterocycles. The minimum absolute atomic E-state index is 0.631. The van der Waals surface area contributed by atoms with E-state index in [1.54, 1.807) is 0 Å². The molecule has 60 valence electrons. The van der Waals surface area contributed by atoms with Gasteiger partial charge < -0.3 is 0 Å². The fourth-order valence-electron chi connectivity index (χ4n) is 0.447. The summed E-state index contributed by atoms with van der Waals surface area (Å²) in [6, 6.07) is 0. The first kappa shape index (κ1) is 12.2. The Bertz CT molecular complexity index is 80.0. The fraction of sp³-hybridized carbons (Fsp3) is 0.600. The van der Waals surface area contributed by atoms with Crippen molar-refractivity contribution in [2.24, 2.45) is 5.92 Å². The normalized spacial score (nSPS) is 12.0. The lowest BCUT2D eigenvalue weighted by atomic mass is 10.1. The van der Waals surface area contributed by atoms with Crippen molar-refractivity contribution in [2.45, 2.75) is 34.1 Å². The summed E-state index contributed by atoms with van der Waals surface area (Å²) in [4.78, 5) is 0. The van der Waals surface area contributed by atoms with E-state index >= 15 is 0 Å². The van der Waals surface area contributed by atoms with Crippen molar-refractivity contribution in [3.8, 4) is 0 Å². The molecule has 0 aliphatic carbocycles. The van der Waals surface area contributed by atoms with Crippen LogP contribution in [0.15, 0.2) is 24.8 Å². The topological polar surface area (TPSA) is 0 Å². The van der Waals surface area contributed by atoms with E-state index in [2.05, 4.69) is 25.7 Å². The van der Waals surface area contributed by atoms with Crippen LogP contribution in [0.2, 0.25) is 0 Å². The Morgan fingerprint density at radius 3 is 2.20 bits per heavy atom. The van der Waals surface area contributed by atoms with Gasteiger partial charge in [-0.3, -0.25) is 0 Å². The highest BCUT2D eigenvalue weighted by Crippen LogP contribution is 2.01. The highest BCUT2D eigenvalue weighted by atomic mass is 13.9. The van der Waals surface area contributed by atoms with Crippen LogP contribution in [-0.2, 0) is 0 Å². The maximum absolute atomic E-state index is 3.68. The minimum Gasteiger partial charge on any atom is -0.103 e. The summed E-state index contributed by atoms with van der Waals surface area (Å²) in [6.07, 6.45) is 7.33. The molecule has 0 aromatic carbocycles. The molecule has 0 bridgehead atoms. The van der Waals surface area contributed by atoms with Gasteiger partial charge in [-0.25, -0.2) is 0 Å². The van der Waals surface area contributed by atoms with Crippen LogP contribution in [0.1, 0.15) is 34.1 Å². The summed E-state index contributed by atoms with van der Waals surface area (Å²) in [5.41, 5.74) is 0. The van der Waals surface area contributed by atoms with E-state index in [4.69, 9.17) is 0 Å². The Hall–Kier alpha value is -0.520. The number of rotatable bonds is 3. The Morgan fingerprint density at radius 1 is 1.40 bits per heavy atom. The molecule has 0 aromatic heterocycles. The second-order valence-electron chi connectivity index (χ2n) is 2.02. The quantitative estimate of drug-likeness (QED) is 0.523. The summed E-state index contributed by atoms with van der Waals surface area (Å²) in [5.74, 6) is 0.631. The number of hydrogen-bond donors (Lipinski definition) is 0. The van der Waals surface area contributed by atoms with Crippen LogP contribution in [0.4, 0.5) is 0 Å². The van der Waals surface area contributed by atoms with Crippen LogP contribution in [-0.4, -0.2) is 0 Å². The van der Waals surface area contributed by atoms with Crippen molar-refractivity contribution in [3.05, 3.63) is 24.8 Å². The molecule has 0 spiro atoms. The van der Waals surface area contributed by atoms with Crippen LogP contribution in [0.5, 0.6) is 0 Å². The van der Waals surface area contributed by atoms with Crippen LogP contribution >= 0.6 is 0 Å². The lowest BCUT2D eigenvalue weighted by molar-refractivity contribution is 0.746. The van der Waals surface area contributed by atoms with E-state index in [1.165, 1.54) is 0 Å². The molecular weight excluding hydrogens is 120 g/mol. The van der Waals surface area contributed by atoms with Crippen molar-refractivity contribution in [3.63, 3.8) is 0 Å². The first-order valence-electron chi connectivity index (χ1n) is 4.05. The van der Waals surface area contributed by atoms with E-state index in [1.807, 2.05) is 26.8 Å². The third-order valence-corrected chi connectivity index (χ3v) is 1.15. The Balaban J connectivity index is 0. The first-order chi connectivity index (χ1) is 4.81. The fourth-order valence-corrected chi connectivity index (χ4v) is 0.447. The summed E-state index contributed by atoms with van der Waals surface area (Å²) in [5, 5.41) is 0. The zero-order chi connectivity index (χ0) is 8.41. The average Bonchev–Trinajstić information content (AvgIpc) is 2.04. The van der Waals surface area contributed by atoms with E-state index < -0.39 is 0 Å². The van der Waals surface area contributed by atoms with Crippen LogP contribution in [0.25, 0.3) is 0 Å². The van der Waals surface area contributed by atoms with Crippen molar-refractivity contribution < 1.29 is 0 Å². The Kier molecular flexibility index (Phi) is 13.8. The largest absolute Gasteiger partial charge is 0.103 e. The van der Waals surface area contributed by atoms with Gasteiger partial charge in [0.15, 0.2) is 0 Å². The van der Waals surface area contributed by atoms with Gasteiger partial charge in [-0.15, -0.1) is 6.58 Å². The lowest BCUT2D eigenvalue weighted by Gasteiger charge is -1.96. The molecule has 0 rings (SSSR count). The molecule has 0 saturated carbocycles. The van der Waals surface area contributed by atoms with E-state index in [9.17, 15) is 0 Å². The average molecular weight is 140 g/mol. The monoisotopic (exact) mass is 140 g/mol. The second-order valence-corrected chi connectivity index (χ2v) is 2.02. The maximum atomic E-state index is 3.68. The van der Waals surface area contributed by atoms with E-state index in [0.717, 1.165) is 6.42 Å². The van der Waals surface area contributed by atoms with E-state index in [0.29, 0.717) is 5.92 Å². The predicted molar refractivity (Wildman–Crippen MR) is 50.1 cm³/mol. The van der Waals surface area contributed by atoms with Gasteiger partial charge in [-0.1, -0.05) is 39.0 Å². The third kappa shape index (κ3) is 10.5. The van der Waals surface area contributed by atoms with Gasteiger partial charge in [0.2, 0.25) is 0 Å². The van der Waals surface area contributed by atoms with Crippen molar-refractivity contribution >= 4 is 0 Å². The van der Waals surface area contributed by atoms with Crippen LogP contribution in [0.3, 0.4) is 0 Å². The van der Waals surface area contributed by atoms with Gasteiger partial charge in [0.05, 0.1) is 0 Å². The van der Waals surface area contributed by atoms with E-state index in [-0.39, 0.29) is 0 Å². The first-order valence-corrected chi connectivity index (χ1v) is 4.05. The summed E-state index contributed by atoms with van der Waals surface area (Å²) in [7, 11) is 0. The van der Waals surface area contributed by atoms with Gasteiger partial charge in [-0.2, -0.15) is 0 Å². The zero-order valence-corrected chi connectivity index (χ0v) is 7.72. The van der Waals surface area contributed by atoms with Crippen LogP contribution in [0, 0.1) is 5.92 Å². The molecule has 1 unspecified atom stereocenters. The predicted octanol–water partition coefficient (Wildman–Crippen LogP) is 3.80. The molecule has 0 heteroatoms. The smallest absolute Gasteiger partial charge is 0.0230 e. The Morgan fingerprint density at radius 2 is 1.90 bits per heavy atom. The summed E-state index contributed by atoms with van der Waals surface area (Å²) in [6.45, 7) is 11.9. The Labute approximate surface area is 65.7 Å². The molecule has 0 radical (unpaired) electrons. The molecule has 0 fully saturated rings. The molecule has 0 aliphatic heterocycles. The second kappa shape index (κ2) is 11.3. The summed E-state index contributed by atoms with van der Waals surface area (Å²) >= 11 is 0. The van der Waals surface area contributed by atoms with Crippen molar-refractivity contribution in [2.75, 3.05) is 0 Å². The van der Waals surface area contributed by atoms with Crippen LogP contribution < -0.4 is 0 Å². The molecule has 0 N–H and O–H groups in total. The number of hydrogen-bond acceptors (Lipinski definition) is 0. The molecule has 0 saturated heterocycles. The lowest BCUT2D eigenvalue weighted by Crippen LogP contribution is -1.82. The summed E-state index contributed by atoms with van der Waals surface area (Å²) < 4.78 is 0. The standard InChI is InChI=1S/C8H14.C2H6/c1-4-6-7-8(3)5-2;1-2/h4-6,8H,2,7H2,1,3H3;1-2H3/b6-4+;.